The Morgan fingerprint density at radius 3 is 0.621 bits per heavy atom. The van der Waals surface area contributed by atoms with E-state index in [0.717, 1.165) is 149 Å². The molecule has 7 rings (SSSR count). The minimum absolute atomic E-state index is 0.0975. The van der Waals surface area contributed by atoms with E-state index in [1.165, 1.54) is 178 Å². The Morgan fingerprint density at radius 2 is 0.427 bits per heavy atom. The summed E-state index contributed by atoms with van der Waals surface area (Å²) in [6.07, 6.45) is 37.7. The highest BCUT2D eigenvalue weighted by Crippen LogP contribution is 2.25. The van der Waals surface area contributed by atoms with Crippen molar-refractivity contribution in [3.8, 4) is 142 Å². The third kappa shape index (κ3) is 38.5. The largest absolute Gasteiger partial charge is 0.372 e. The Kier molecular flexibility index (Phi) is 48.2. The molecule has 6 aromatic rings. The van der Waals surface area contributed by atoms with E-state index in [9.17, 15) is 20.2 Å². The second kappa shape index (κ2) is 60.7. The van der Waals surface area contributed by atoms with Crippen molar-refractivity contribution in [3.63, 3.8) is 0 Å². The average Bonchev–Trinajstić information content (AvgIpc) is 0.869. The number of non-ortho nitro benzene ring substituents is 2. The van der Waals surface area contributed by atoms with Crippen LogP contribution in [0.3, 0.4) is 0 Å². The van der Waals surface area contributed by atoms with Gasteiger partial charge in [-0.1, -0.05) is 281 Å². The number of allylic oxidation sites excluding steroid dienone is 6. The molecule has 0 saturated heterocycles. The van der Waals surface area contributed by atoms with Gasteiger partial charge in [-0.2, -0.15) is 0 Å². The molecule has 0 spiro atoms. The van der Waals surface area contributed by atoms with Crippen molar-refractivity contribution >= 4 is 34.1 Å². The Bertz CT molecular complexity index is 4720. The lowest BCUT2D eigenvalue weighted by Gasteiger charge is -2.25. The summed E-state index contributed by atoms with van der Waals surface area (Å²) in [6, 6.07) is 45.7. The van der Waals surface area contributed by atoms with Crippen LogP contribution in [0.5, 0.6) is 0 Å². The summed E-state index contributed by atoms with van der Waals surface area (Å²) in [5.74, 6) is 78.2. The van der Waals surface area contributed by atoms with Crippen LogP contribution >= 0.6 is 0 Å². The average molecular weight is 1650 g/mol. The molecule has 0 N–H and O–H groups in total. The summed E-state index contributed by atoms with van der Waals surface area (Å²) in [7, 11) is 0. The van der Waals surface area contributed by atoms with Crippen LogP contribution in [0.4, 0.5) is 34.1 Å². The predicted octanol–water partition coefficient (Wildman–Crippen LogP) is 25.9. The molecule has 638 valence electrons. The summed E-state index contributed by atoms with van der Waals surface area (Å²) in [6.45, 7) is 25.9. The summed E-state index contributed by atoms with van der Waals surface area (Å²) in [4.78, 5) is 32.8. The molecular weight excluding hydrogens is 1520 g/mol. The van der Waals surface area contributed by atoms with E-state index in [2.05, 4.69) is 314 Å². The fourth-order valence-corrected chi connectivity index (χ4v) is 14.0. The maximum absolute atomic E-state index is 11.8. The summed E-state index contributed by atoms with van der Waals surface area (Å²) in [5, 5.41) is 23.6. The zero-order chi connectivity index (χ0) is 88.1. The van der Waals surface area contributed by atoms with Gasteiger partial charge in [0.05, 0.1) is 32.1 Å². The normalized spacial score (nSPS) is 11.5. The Labute approximate surface area is 746 Å². The predicted molar refractivity (Wildman–Crippen MR) is 523 cm³/mol. The van der Waals surface area contributed by atoms with E-state index in [1.807, 2.05) is 0 Å². The first-order valence-corrected chi connectivity index (χ1v) is 46.2. The van der Waals surface area contributed by atoms with Crippen molar-refractivity contribution in [1.29, 1.82) is 0 Å². The molecule has 0 radical (unpaired) electrons. The van der Waals surface area contributed by atoms with E-state index >= 15 is 0 Å². The van der Waals surface area contributed by atoms with Crippen LogP contribution in [-0.2, 0) is 0 Å². The van der Waals surface area contributed by atoms with Gasteiger partial charge in [0.2, 0.25) is 0 Å². The number of nitrogens with zero attached hydrogens (tertiary/aromatic N) is 6. The van der Waals surface area contributed by atoms with Crippen molar-refractivity contribution < 1.29 is 9.85 Å². The van der Waals surface area contributed by atoms with Crippen molar-refractivity contribution in [2.24, 2.45) is 0 Å². The van der Waals surface area contributed by atoms with Crippen molar-refractivity contribution in [2.75, 3.05) is 72.0 Å². The standard InChI is InChI=1S/C114H128N6O4/c1-9-17-25-39-89-115(90-40-26-18-10-2)109-77-59-97(60-78-109)55-73-107(74-56-98-61-79-110(80-62-98)116(91-41-27-19-11-3)92-42-28-20-12-4)103-47-33-34-48-104(50-36-38-52-106(72-54-102-69-87-114(88-70-102)120(123)124)105(51-37-35-49-103)71-53-101-67-85-113(86-68-101)119(121)122)108(75-57-99-63-81-111(82-64-99)117(93-43-29-21-13-5)94-44-30-22-14-6)76-58-100-65-83-112(84-66-100)118(95-45-31-23-15-7)96-46-32-24-16-8/h59-70,77-88H,9-32,39-46,89-96H2,1-8H3/b106-105-. The highest BCUT2D eigenvalue weighted by Gasteiger charge is 2.14. The number of hydrogen-bond donors (Lipinski definition) is 0. The van der Waals surface area contributed by atoms with Gasteiger partial charge >= 0.3 is 0 Å². The Balaban J connectivity index is 1.56. The lowest BCUT2D eigenvalue weighted by molar-refractivity contribution is -0.385. The van der Waals surface area contributed by atoms with E-state index in [1.54, 1.807) is 24.3 Å². The van der Waals surface area contributed by atoms with Gasteiger partial charge in [0.1, 0.15) is 11.1 Å². The minimum Gasteiger partial charge on any atom is -0.372 e. The van der Waals surface area contributed by atoms with Crippen LogP contribution in [0.2, 0.25) is 0 Å². The second-order valence-corrected chi connectivity index (χ2v) is 31.5. The molecule has 0 bridgehead atoms. The molecule has 10 heteroatoms. The fraction of sp³-hybridized carbons (Fsp3) is 0.421. The number of hydrogen-bond acceptors (Lipinski definition) is 8. The number of nitro groups is 2. The Hall–Kier alpha value is -12.7. The Morgan fingerprint density at radius 1 is 0.242 bits per heavy atom. The molecule has 0 aromatic heterocycles. The molecule has 0 atom stereocenters. The topological polar surface area (TPSA) is 99.2 Å². The van der Waals surface area contributed by atoms with Gasteiger partial charge in [-0.05, 0) is 244 Å². The van der Waals surface area contributed by atoms with Gasteiger partial charge in [0.15, 0.2) is 0 Å². The molecule has 0 unspecified atom stereocenters. The molecule has 0 heterocycles. The molecular formula is C114H128N6O4. The van der Waals surface area contributed by atoms with E-state index < -0.39 is 9.85 Å². The van der Waals surface area contributed by atoms with Gasteiger partial charge in [-0.3, -0.25) is 20.2 Å². The quantitative estimate of drug-likeness (QED) is 0.0161. The number of benzene rings is 6. The van der Waals surface area contributed by atoms with E-state index in [4.69, 9.17) is 0 Å². The first kappa shape index (κ1) is 98.4. The number of anilines is 4. The van der Waals surface area contributed by atoms with Gasteiger partial charge < -0.3 is 19.6 Å². The molecule has 0 saturated carbocycles. The molecule has 0 amide bonds. The number of unbranched alkanes of at least 4 members (excludes halogenated alkanes) is 24. The van der Waals surface area contributed by atoms with Crippen LogP contribution in [0.25, 0.3) is 0 Å². The lowest BCUT2D eigenvalue weighted by Crippen LogP contribution is -2.25. The van der Waals surface area contributed by atoms with Crippen LogP contribution < -0.4 is 19.6 Å². The molecule has 0 fully saturated rings. The van der Waals surface area contributed by atoms with E-state index in [-0.39, 0.29) is 33.7 Å². The maximum atomic E-state index is 11.8. The highest BCUT2D eigenvalue weighted by molar-refractivity contribution is 5.71. The van der Waals surface area contributed by atoms with Gasteiger partial charge in [0, 0.05) is 133 Å². The van der Waals surface area contributed by atoms with E-state index in [0.29, 0.717) is 22.3 Å². The smallest absolute Gasteiger partial charge is 0.269 e. The maximum Gasteiger partial charge on any atom is 0.269 e. The van der Waals surface area contributed by atoms with Crippen LogP contribution in [0, 0.1) is 162 Å². The van der Waals surface area contributed by atoms with Crippen LogP contribution in [0.1, 0.15) is 294 Å². The third-order valence-electron chi connectivity index (χ3n) is 21.4. The highest BCUT2D eigenvalue weighted by atomic mass is 16.6. The fourth-order valence-electron chi connectivity index (χ4n) is 14.0. The monoisotopic (exact) mass is 1640 g/mol. The first-order valence-electron chi connectivity index (χ1n) is 46.2. The molecule has 124 heavy (non-hydrogen) atoms. The lowest BCUT2D eigenvalue weighted by atomic mass is 10.1. The third-order valence-corrected chi connectivity index (χ3v) is 21.4. The zero-order valence-electron chi connectivity index (χ0n) is 75.5. The van der Waals surface area contributed by atoms with Crippen LogP contribution in [-0.4, -0.2) is 62.2 Å². The molecule has 0 aliphatic heterocycles. The second-order valence-electron chi connectivity index (χ2n) is 31.5. The minimum atomic E-state index is -0.469. The molecule has 1 aliphatic carbocycles. The zero-order valence-corrected chi connectivity index (χ0v) is 75.5. The van der Waals surface area contributed by atoms with Crippen molar-refractivity contribution in [2.45, 2.75) is 261 Å². The van der Waals surface area contributed by atoms with Gasteiger partial charge in [-0.25, -0.2) is 0 Å². The summed E-state index contributed by atoms with van der Waals surface area (Å²) in [5.41, 5.74) is 9.98. The SMILES string of the molecule is CCCCCCN(CCCCCC)c1ccc(C#CC(C#Cc2ccc(N(CCCCCC)CCCCCC)cc2)=C2C#CC#CC(=C(C#Cc3ccc(N(CCCCCC)CCCCCC)cc3)C#Cc3ccc(N(CCCCCC)CCCCCC)cc3)C#CC#C/C(C#Cc3ccc([N+](=O)[O-])cc3)=C(/C#Cc3ccc([N+](=O)[O-])cc3)C#CC#C2)cc1. The summed E-state index contributed by atoms with van der Waals surface area (Å²) < 4.78 is 0. The van der Waals surface area contributed by atoms with Crippen molar-refractivity contribution in [1.82, 2.24) is 0 Å². The van der Waals surface area contributed by atoms with Crippen molar-refractivity contribution in [3.05, 3.63) is 233 Å². The molecule has 1 aliphatic rings. The first-order chi connectivity index (χ1) is 60.9. The van der Waals surface area contributed by atoms with Crippen LogP contribution in [0.15, 0.2) is 179 Å². The molecule has 10 nitrogen and oxygen atoms in total. The summed E-state index contributed by atoms with van der Waals surface area (Å²) >= 11 is 0. The van der Waals surface area contributed by atoms with Gasteiger partial charge in [0.25, 0.3) is 11.4 Å². The number of rotatable bonds is 46. The van der Waals surface area contributed by atoms with Gasteiger partial charge in [-0.15, -0.1) is 0 Å². The molecule has 6 aromatic carbocycles. The number of nitro benzene ring substituents is 2.